The molecule has 1 atom stereocenters. The first-order valence-corrected chi connectivity index (χ1v) is 9.33. The van der Waals surface area contributed by atoms with Crippen molar-refractivity contribution < 1.29 is 19.1 Å². The first-order chi connectivity index (χ1) is 13.3. The Morgan fingerprint density at radius 1 is 1.04 bits per heavy atom. The molecule has 0 saturated heterocycles. The third kappa shape index (κ3) is 4.51. The van der Waals surface area contributed by atoms with Crippen molar-refractivity contribution in [2.75, 3.05) is 13.2 Å². The predicted molar refractivity (Wildman–Crippen MR) is 107 cm³/mol. The van der Waals surface area contributed by atoms with Crippen molar-refractivity contribution in [3.63, 3.8) is 0 Å². The molecule has 6 nitrogen and oxygen atoms in total. The smallest absolute Gasteiger partial charge is 0.407 e. The molecular formula is C22H26N2O4. The lowest BCUT2D eigenvalue weighted by Crippen LogP contribution is -2.45. The van der Waals surface area contributed by atoms with Gasteiger partial charge < -0.3 is 20.5 Å². The van der Waals surface area contributed by atoms with E-state index in [1.54, 1.807) is 20.8 Å². The molecule has 0 bridgehead atoms. The number of fused-ring (bicyclic) bond motifs is 3. The third-order valence-electron chi connectivity index (χ3n) is 4.52. The highest BCUT2D eigenvalue weighted by atomic mass is 16.6. The molecule has 6 heteroatoms. The van der Waals surface area contributed by atoms with Crippen molar-refractivity contribution in [2.24, 2.45) is 5.73 Å². The number of rotatable bonds is 5. The van der Waals surface area contributed by atoms with E-state index in [1.165, 1.54) is 11.1 Å². The fourth-order valence-corrected chi connectivity index (χ4v) is 3.30. The topological polar surface area (TPSA) is 90.6 Å². The summed E-state index contributed by atoms with van der Waals surface area (Å²) >= 11 is 0. The van der Waals surface area contributed by atoms with Crippen LogP contribution < -0.4 is 11.1 Å². The minimum absolute atomic E-state index is 0.0160. The van der Waals surface area contributed by atoms with Crippen LogP contribution in [0.1, 0.15) is 37.8 Å². The van der Waals surface area contributed by atoms with Crippen LogP contribution in [0.25, 0.3) is 11.1 Å². The molecule has 2 aromatic rings. The molecule has 1 unspecified atom stereocenters. The molecule has 0 radical (unpaired) electrons. The van der Waals surface area contributed by atoms with Gasteiger partial charge in [-0.25, -0.2) is 4.79 Å². The average molecular weight is 382 g/mol. The van der Waals surface area contributed by atoms with Crippen molar-refractivity contribution in [2.45, 2.75) is 38.3 Å². The molecular weight excluding hydrogens is 356 g/mol. The van der Waals surface area contributed by atoms with Gasteiger partial charge in [0.25, 0.3) is 0 Å². The Morgan fingerprint density at radius 2 is 1.57 bits per heavy atom. The van der Waals surface area contributed by atoms with Crippen LogP contribution in [-0.2, 0) is 14.3 Å². The van der Waals surface area contributed by atoms with Crippen LogP contribution in [0.15, 0.2) is 48.5 Å². The molecule has 3 rings (SSSR count). The lowest BCUT2D eigenvalue weighted by molar-refractivity contribution is -0.156. The van der Waals surface area contributed by atoms with Crippen LogP contribution in [0, 0.1) is 0 Å². The van der Waals surface area contributed by atoms with E-state index < -0.39 is 23.7 Å². The molecule has 1 amide bonds. The number of hydrogen-bond donors (Lipinski definition) is 2. The number of nitrogens with one attached hydrogen (secondary N) is 1. The zero-order valence-corrected chi connectivity index (χ0v) is 16.4. The van der Waals surface area contributed by atoms with Crippen molar-refractivity contribution >= 4 is 12.1 Å². The van der Waals surface area contributed by atoms with E-state index in [0.717, 1.165) is 11.1 Å². The number of ether oxygens (including phenoxy) is 2. The van der Waals surface area contributed by atoms with E-state index in [2.05, 4.69) is 29.6 Å². The van der Waals surface area contributed by atoms with Gasteiger partial charge in [-0.3, -0.25) is 4.79 Å². The van der Waals surface area contributed by atoms with Crippen LogP contribution >= 0.6 is 0 Å². The maximum absolute atomic E-state index is 12.1. The van der Waals surface area contributed by atoms with Crippen molar-refractivity contribution in [3.8, 4) is 11.1 Å². The Labute approximate surface area is 165 Å². The summed E-state index contributed by atoms with van der Waals surface area (Å²) in [6.07, 6.45) is -0.610. The molecule has 1 aliphatic carbocycles. The maximum Gasteiger partial charge on any atom is 0.407 e. The van der Waals surface area contributed by atoms with E-state index in [9.17, 15) is 9.59 Å². The summed E-state index contributed by atoms with van der Waals surface area (Å²) in [6, 6.07) is 15.3. The highest BCUT2D eigenvalue weighted by molar-refractivity contribution is 5.79. The van der Waals surface area contributed by atoms with Crippen LogP contribution in [0.2, 0.25) is 0 Å². The number of hydrogen-bond acceptors (Lipinski definition) is 5. The number of nitrogens with two attached hydrogens (primary N) is 1. The highest BCUT2D eigenvalue weighted by Crippen LogP contribution is 2.44. The molecule has 3 N–H and O–H groups in total. The third-order valence-corrected chi connectivity index (χ3v) is 4.52. The standard InChI is InChI=1S/C22H26N2O4/c1-22(2,3)28-20(25)19(23)12-24-21(26)27-13-18-16-10-6-4-8-14(16)15-9-5-7-11-17(15)18/h4-11,18-19H,12-13,23H2,1-3H3,(H,24,26). The van der Waals surface area contributed by atoms with Crippen molar-refractivity contribution in [1.82, 2.24) is 5.32 Å². The summed E-state index contributed by atoms with van der Waals surface area (Å²) < 4.78 is 10.6. The summed E-state index contributed by atoms with van der Waals surface area (Å²) in [6.45, 7) is 5.44. The predicted octanol–water partition coefficient (Wildman–Crippen LogP) is 3.19. The fourth-order valence-electron chi connectivity index (χ4n) is 3.30. The second kappa shape index (κ2) is 8.02. The van der Waals surface area contributed by atoms with Crippen molar-refractivity contribution in [1.29, 1.82) is 0 Å². The second-order valence-corrected chi connectivity index (χ2v) is 7.85. The number of amides is 1. The Hall–Kier alpha value is -2.86. The van der Waals surface area contributed by atoms with Crippen LogP contribution in [-0.4, -0.2) is 36.9 Å². The van der Waals surface area contributed by atoms with E-state index in [4.69, 9.17) is 15.2 Å². The second-order valence-electron chi connectivity index (χ2n) is 7.85. The average Bonchev–Trinajstić information content (AvgIpc) is 2.97. The molecule has 148 valence electrons. The lowest BCUT2D eigenvalue weighted by atomic mass is 9.98. The van der Waals surface area contributed by atoms with Gasteiger partial charge in [0.1, 0.15) is 18.2 Å². The first-order valence-electron chi connectivity index (χ1n) is 9.33. The molecule has 0 saturated carbocycles. The minimum atomic E-state index is -0.945. The van der Waals surface area contributed by atoms with E-state index in [-0.39, 0.29) is 19.1 Å². The van der Waals surface area contributed by atoms with Gasteiger partial charge in [-0.15, -0.1) is 0 Å². The van der Waals surface area contributed by atoms with Gasteiger partial charge in [-0.1, -0.05) is 48.5 Å². The molecule has 0 aromatic heterocycles. The van der Waals surface area contributed by atoms with Gasteiger partial charge >= 0.3 is 12.1 Å². The van der Waals surface area contributed by atoms with Crippen LogP contribution in [0.5, 0.6) is 0 Å². The Kier molecular flexibility index (Phi) is 5.70. The zero-order valence-electron chi connectivity index (χ0n) is 16.4. The van der Waals surface area contributed by atoms with Gasteiger partial charge in [0.05, 0.1) is 0 Å². The monoisotopic (exact) mass is 382 g/mol. The van der Waals surface area contributed by atoms with Crippen molar-refractivity contribution in [3.05, 3.63) is 59.7 Å². The molecule has 0 spiro atoms. The maximum atomic E-state index is 12.1. The van der Waals surface area contributed by atoms with E-state index >= 15 is 0 Å². The minimum Gasteiger partial charge on any atom is -0.459 e. The van der Waals surface area contributed by atoms with Crippen LogP contribution in [0.4, 0.5) is 4.79 Å². The van der Waals surface area contributed by atoms with E-state index in [0.29, 0.717) is 0 Å². The SMILES string of the molecule is CC(C)(C)OC(=O)C(N)CNC(=O)OCC1c2ccccc2-c2ccccc21. The quantitative estimate of drug-likeness (QED) is 0.775. The normalized spacial score (nSPS) is 14.0. The van der Waals surface area contributed by atoms with Gasteiger partial charge in [-0.2, -0.15) is 0 Å². The number of benzene rings is 2. The summed E-state index contributed by atoms with van der Waals surface area (Å²) in [4.78, 5) is 24.0. The zero-order chi connectivity index (χ0) is 20.3. The molecule has 1 aliphatic rings. The summed E-state index contributed by atoms with van der Waals surface area (Å²) in [5.41, 5.74) is 9.76. The number of alkyl carbamates (subject to hydrolysis) is 1. The Balaban J connectivity index is 1.56. The lowest BCUT2D eigenvalue weighted by Gasteiger charge is -2.22. The molecule has 2 aromatic carbocycles. The molecule has 0 fully saturated rings. The van der Waals surface area contributed by atoms with Crippen LogP contribution in [0.3, 0.4) is 0 Å². The molecule has 28 heavy (non-hydrogen) atoms. The molecule has 0 heterocycles. The number of esters is 1. The summed E-state index contributed by atoms with van der Waals surface area (Å²) in [5.74, 6) is -0.580. The number of carbonyl (C=O) groups excluding carboxylic acids is 2. The summed E-state index contributed by atoms with van der Waals surface area (Å²) in [7, 11) is 0. The molecule has 0 aliphatic heterocycles. The Bertz CT molecular complexity index is 827. The highest BCUT2D eigenvalue weighted by Gasteiger charge is 2.29. The van der Waals surface area contributed by atoms with Gasteiger partial charge in [0.15, 0.2) is 0 Å². The van der Waals surface area contributed by atoms with Gasteiger partial charge in [0, 0.05) is 12.5 Å². The largest absolute Gasteiger partial charge is 0.459 e. The Morgan fingerprint density at radius 3 is 2.11 bits per heavy atom. The van der Waals surface area contributed by atoms with E-state index in [1.807, 2.05) is 24.3 Å². The first kappa shape index (κ1) is 19.9. The number of carbonyl (C=O) groups is 2. The fraction of sp³-hybridized carbons (Fsp3) is 0.364. The summed E-state index contributed by atoms with van der Waals surface area (Å²) in [5, 5.41) is 2.53. The van der Waals surface area contributed by atoms with Gasteiger partial charge in [0.2, 0.25) is 0 Å². The van der Waals surface area contributed by atoms with Gasteiger partial charge in [-0.05, 0) is 43.0 Å².